The fourth-order valence-corrected chi connectivity index (χ4v) is 5.13. The van der Waals surface area contributed by atoms with Gasteiger partial charge in [-0.3, -0.25) is 9.89 Å². The minimum absolute atomic E-state index is 0.0408. The Morgan fingerprint density at radius 1 is 1.25 bits per heavy atom. The molecule has 10 nitrogen and oxygen atoms in total. The smallest absolute Gasteiger partial charge is 0.238 e. The van der Waals surface area contributed by atoms with Gasteiger partial charge in [0.05, 0.1) is 6.54 Å². The van der Waals surface area contributed by atoms with Gasteiger partial charge < -0.3 is 20.9 Å². The van der Waals surface area contributed by atoms with E-state index in [9.17, 15) is 4.79 Å². The maximum absolute atomic E-state index is 12.3. The minimum Gasteiger partial charge on any atom is -0.325 e. The summed E-state index contributed by atoms with van der Waals surface area (Å²) >= 11 is 1.45. The summed E-state index contributed by atoms with van der Waals surface area (Å²) in [5.41, 5.74) is 2.59. The third-order valence-electron chi connectivity index (χ3n) is 6.28. The number of fused-ring (bicyclic) bond motifs is 1. The van der Waals surface area contributed by atoms with E-state index in [1.807, 2.05) is 55.6 Å². The molecule has 5 rings (SSSR count). The molecule has 1 unspecified atom stereocenters. The number of aromatic amines is 1. The summed E-state index contributed by atoms with van der Waals surface area (Å²) < 4.78 is 1.80. The Labute approximate surface area is 214 Å². The van der Waals surface area contributed by atoms with Crippen LogP contribution >= 0.6 is 11.8 Å². The van der Waals surface area contributed by atoms with E-state index in [-0.39, 0.29) is 5.91 Å². The van der Waals surface area contributed by atoms with Crippen LogP contribution in [0.3, 0.4) is 0 Å². The van der Waals surface area contributed by atoms with Crippen molar-refractivity contribution in [1.82, 2.24) is 35.0 Å². The maximum atomic E-state index is 12.3. The summed E-state index contributed by atoms with van der Waals surface area (Å²) in [6.07, 6.45) is 5.48. The van der Waals surface area contributed by atoms with E-state index in [0.29, 0.717) is 29.4 Å². The highest BCUT2D eigenvalue weighted by Crippen LogP contribution is 2.29. The molecule has 36 heavy (non-hydrogen) atoms. The van der Waals surface area contributed by atoms with Crippen LogP contribution in [0.25, 0.3) is 5.52 Å². The number of H-pyrrole nitrogens is 1. The van der Waals surface area contributed by atoms with Crippen molar-refractivity contribution < 1.29 is 4.79 Å². The lowest BCUT2D eigenvalue weighted by Gasteiger charge is -2.19. The molecule has 0 aliphatic carbocycles. The molecule has 0 bridgehead atoms. The first-order valence-electron chi connectivity index (χ1n) is 12.2. The molecule has 4 aromatic rings. The molecule has 1 aromatic carbocycles. The Bertz CT molecular complexity index is 1320. The average Bonchev–Trinajstić information content (AvgIpc) is 3.60. The van der Waals surface area contributed by atoms with Crippen molar-refractivity contribution in [1.29, 1.82) is 0 Å². The number of nitrogens with one attached hydrogen (secondary N) is 4. The number of likely N-dealkylation sites (tertiary alicyclic amines) is 1. The third kappa shape index (κ3) is 6.04. The molecule has 1 amide bonds. The van der Waals surface area contributed by atoms with Crippen LogP contribution in [-0.2, 0) is 4.79 Å². The molecule has 1 saturated heterocycles. The van der Waals surface area contributed by atoms with Crippen LogP contribution < -0.4 is 16.0 Å². The van der Waals surface area contributed by atoms with Crippen molar-refractivity contribution in [2.24, 2.45) is 0 Å². The largest absolute Gasteiger partial charge is 0.325 e. The Balaban J connectivity index is 1.15. The second kappa shape index (κ2) is 11.1. The van der Waals surface area contributed by atoms with E-state index in [4.69, 9.17) is 4.98 Å². The number of hydrogen-bond acceptors (Lipinski definition) is 8. The molecular weight excluding hydrogens is 474 g/mol. The van der Waals surface area contributed by atoms with Gasteiger partial charge in [-0.15, -0.1) is 5.10 Å². The fourth-order valence-electron chi connectivity index (χ4n) is 4.38. The van der Waals surface area contributed by atoms with Gasteiger partial charge in [0, 0.05) is 34.6 Å². The van der Waals surface area contributed by atoms with Crippen LogP contribution in [0.4, 0.5) is 17.3 Å². The number of hydrogen-bond donors (Lipinski definition) is 4. The number of benzene rings is 1. The van der Waals surface area contributed by atoms with Crippen LogP contribution in [0.1, 0.15) is 25.0 Å². The van der Waals surface area contributed by atoms with Crippen LogP contribution in [0.5, 0.6) is 0 Å². The van der Waals surface area contributed by atoms with Crippen molar-refractivity contribution in [3.05, 3.63) is 54.4 Å². The van der Waals surface area contributed by atoms with Gasteiger partial charge >= 0.3 is 0 Å². The van der Waals surface area contributed by atoms with E-state index in [1.54, 1.807) is 4.52 Å². The standard InChI is InChI=1S/C25H31N9OS/c1-17-15-22(31-30-17)28-24-21-6-4-14-34(21)32-25(29-24)36-20-9-7-18(8-10-20)27-23(35)16-26-12-11-19-5-3-13-33(19)2/h4,6-10,14-15,19,26H,3,5,11-13,16H2,1-2H3,(H,27,35)(H2,28,29,30,31,32). The summed E-state index contributed by atoms with van der Waals surface area (Å²) in [6.45, 7) is 4.28. The van der Waals surface area contributed by atoms with Crippen LogP contribution in [0, 0.1) is 6.92 Å². The van der Waals surface area contributed by atoms with E-state index in [0.717, 1.165) is 34.8 Å². The molecule has 1 aliphatic rings. The predicted molar refractivity (Wildman–Crippen MR) is 142 cm³/mol. The highest BCUT2D eigenvalue weighted by atomic mass is 32.2. The van der Waals surface area contributed by atoms with Crippen molar-refractivity contribution in [2.75, 3.05) is 37.3 Å². The topological polar surface area (TPSA) is 115 Å². The third-order valence-corrected chi connectivity index (χ3v) is 7.15. The lowest BCUT2D eigenvalue weighted by atomic mass is 10.1. The summed E-state index contributed by atoms with van der Waals surface area (Å²) in [5.74, 6) is 1.34. The van der Waals surface area contributed by atoms with Gasteiger partial charge in [-0.2, -0.15) is 5.10 Å². The second-order valence-electron chi connectivity index (χ2n) is 9.06. The van der Waals surface area contributed by atoms with Gasteiger partial charge in [0.15, 0.2) is 11.6 Å². The lowest BCUT2D eigenvalue weighted by molar-refractivity contribution is -0.115. The Hall–Kier alpha value is -3.41. The van der Waals surface area contributed by atoms with Gasteiger partial charge in [0.25, 0.3) is 0 Å². The zero-order chi connectivity index (χ0) is 24.9. The Kier molecular flexibility index (Phi) is 7.49. The number of nitrogens with zero attached hydrogens (tertiary/aromatic N) is 5. The van der Waals surface area contributed by atoms with Gasteiger partial charge in [-0.25, -0.2) is 9.50 Å². The summed E-state index contributed by atoms with van der Waals surface area (Å²) in [5, 5.41) is 21.8. The minimum atomic E-state index is -0.0408. The second-order valence-corrected chi connectivity index (χ2v) is 10.1. The summed E-state index contributed by atoms with van der Waals surface area (Å²) in [7, 11) is 2.18. The monoisotopic (exact) mass is 505 g/mol. The van der Waals surface area contributed by atoms with Crippen molar-refractivity contribution >= 4 is 40.5 Å². The quantitative estimate of drug-likeness (QED) is 0.241. The Morgan fingerprint density at radius 3 is 2.86 bits per heavy atom. The number of aromatic nitrogens is 5. The molecule has 0 spiro atoms. The van der Waals surface area contributed by atoms with E-state index >= 15 is 0 Å². The van der Waals surface area contributed by atoms with E-state index < -0.39 is 0 Å². The molecular formula is C25H31N9OS. The first kappa shape index (κ1) is 24.3. The van der Waals surface area contributed by atoms with Gasteiger partial charge in [-0.1, -0.05) is 0 Å². The normalized spacial score (nSPS) is 16.0. The Morgan fingerprint density at radius 2 is 2.11 bits per heavy atom. The van der Waals surface area contributed by atoms with E-state index in [2.05, 4.69) is 43.2 Å². The maximum Gasteiger partial charge on any atom is 0.238 e. The number of carbonyl (C=O) groups excluding carboxylic acids is 1. The number of anilines is 3. The molecule has 0 radical (unpaired) electrons. The average molecular weight is 506 g/mol. The first-order chi connectivity index (χ1) is 17.5. The molecule has 11 heteroatoms. The molecule has 188 valence electrons. The zero-order valence-electron chi connectivity index (χ0n) is 20.5. The molecule has 1 fully saturated rings. The molecule has 0 saturated carbocycles. The van der Waals surface area contributed by atoms with Crippen molar-refractivity contribution in [2.45, 2.75) is 42.3 Å². The van der Waals surface area contributed by atoms with Crippen LogP contribution in [0.15, 0.2) is 58.7 Å². The molecule has 1 aliphatic heterocycles. The molecule has 4 N–H and O–H groups in total. The number of rotatable bonds is 10. The lowest BCUT2D eigenvalue weighted by Crippen LogP contribution is -2.33. The van der Waals surface area contributed by atoms with E-state index in [1.165, 1.54) is 31.1 Å². The van der Waals surface area contributed by atoms with Crippen LogP contribution in [0.2, 0.25) is 0 Å². The fraction of sp³-hybridized carbons (Fsp3) is 0.360. The van der Waals surface area contributed by atoms with Gasteiger partial charge in [0.2, 0.25) is 11.1 Å². The SMILES string of the molecule is Cc1cc(Nc2nc(Sc3ccc(NC(=O)CNCCC4CCCN4C)cc3)nn3cccc23)n[nH]1. The number of aryl methyl sites for hydroxylation is 1. The van der Waals surface area contributed by atoms with Crippen LogP contribution in [-0.4, -0.2) is 68.3 Å². The predicted octanol–water partition coefficient (Wildman–Crippen LogP) is 3.67. The van der Waals surface area contributed by atoms with Gasteiger partial charge in [0.1, 0.15) is 5.52 Å². The first-order valence-corrected chi connectivity index (χ1v) is 13.0. The van der Waals surface area contributed by atoms with Gasteiger partial charge in [-0.05, 0) is 94.5 Å². The zero-order valence-corrected chi connectivity index (χ0v) is 21.3. The summed E-state index contributed by atoms with van der Waals surface area (Å²) in [4.78, 5) is 20.4. The molecule has 4 heterocycles. The molecule has 3 aromatic heterocycles. The van der Waals surface area contributed by atoms with Crippen molar-refractivity contribution in [3.8, 4) is 0 Å². The number of amides is 1. The van der Waals surface area contributed by atoms with Crippen molar-refractivity contribution in [3.63, 3.8) is 0 Å². The highest BCUT2D eigenvalue weighted by Gasteiger charge is 2.20. The summed E-state index contributed by atoms with van der Waals surface area (Å²) in [6, 6.07) is 14.1. The number of carbonyl (C=O) groups is 1. The highest BCUT2D eigenvalue weighted by molar-refractivity contribution is 7.99. The molecule has 1 atom stereocenters.